The van der Waals surface area contributed by atoms with Gasteiger partial charge in [-0.2, -0.15) is 5.10 Å². The van der Waals surface area contributed by atoms with E-state index in [1.165, 1.54) is 0 Å². The van der Waals surface area contributed by atoms with E-state index in [4.69, 9.17) is 10.8 Å². The number of rotatable bonds is 9. The Morgan fingerprint density at radius 1 is 1.30 bits per heavy atom. The molecule has 1 unspecified atom stereocenters. The summed E-state index contributed by atoms with van der Waals surface area (Å²) in [6, 6.07) is 2.67. The summed E-state index contributed by atoms with van der Waals surface area (Å²) in [5.74, 6) is 0. The summed E-state index contributed by atoms with van der Waals surface area (Å²) in [4.78, 5) is 2.44. The highest BCUT2D eigenvalue weighted by Gasteiger charge is 2.28. The summed E-state index contributed by atoms with van der Waals surface area (Å²) < 4.78 is 2.12. The number of hydrogen-bond acceptors (Lipinski definition) is 3. The van der Waals surface area contributed by atoms with Gasteiger partial charge in [0, 0.05) is 24.8 Å². The van der Waals surface area contributed by atoms with Gasteiger partial charge in [-0.1, -0.05) is 27.7 Å². The second kappa shape index (κ2) is 7.79. The van der Waals surface area contributed by atoms with Gasteiger partial charge in [0.2, 0.25) is 0 Å². The molecule has 0 aliphatic heterocycles. The third-order valence-electron chi connectivity index (χ3n) is 4.68. The summed E-state index contributed by atoms with van der Waals surface area (Å²) in [5, 5.41) is 4.76. The third kappa shape index (κ3) is 3.83. The van der Waals surface area contributed by atoms with E-state index in [-0.39, 0.29) is 5.54 Å². The lowest BCUT2D eigenvalue weighted by atomic mass is 9.96. The van der Waals surface area contributed by atoms with E-state index < -0.39 is 0 Å². The van der Waals surface area contributed by atoms with Gasteiger partial charge in [0.1, 0.15) is 0 Å². The normalized spacial score (nSPS) is 15.0. The molecule has 0 saturated heterocycles. The number of aromatic nitrogens is 2. The highest BCUT2D eigenvalue weighted by Crippen LogP contribution is 2.21. The Labute approximate surface area is 124 Å². The van der Waals surface area contributed by atoms with Crippen molar-refractivity contribution in [1.29, 1.82) is 0 Å². The summed E-state index contributed by atoms with van der Waals surface area (Å²) >= 11 is 0. The van der Waals surface area contributed by atoms with Gasteiger partial charge in [-0.25, -0.2) is 0 Å². The van der Waals surface area contributed by atoms with Crippen molar-refractivity contribution in [3.05, 3.63) is 18.0 Å². The Morgan fingerprint density at radius 2 is 1.95 bits per heavy atom. The largest absolute Gasteiger partial charge is 0.329 e. The summed E-state index contributed by atoms with van der Waals surface area (Å²) in [5.41, 5.74) is 7.19. The Bertz CT molecular complexity index is 378. The second-order valence-electron chi connectivity index (χ2n) is 5.83. The predicted molar refractivity (Wildman–Crippen MR) is 85.7 cm³/mol. The van der Waals surface area contributed by atoms with Gasteiger partial charge in [-0.3, -0.25) is 9.58 Å². The van der Waals surface area contributed by atoms with Gasteiger partial charge >= 0.3 is 0 Å². The van der Waals surface area contributed by atoms with Crippen LogP contribution < -0.4 is 5.73 Å². The lowest BCUT2D eigenvalue weighted by molar-refractivity contribution is 0.102. The average molecular weight is 280 g/mol. The van der Waals surface area contributed by atoms with Crippen LogP contribution in [-0.4, -0.2) is 33.3 Å². The molecule has 2 N–H and O–H groups in total. The zero-order chi connectivity index (χ0) is 15.2. The fourth-order valence-corrected chi connectivity index (χ4v) is 2.70. The summed E-state index contributed by atoms with van der Waals surface area (Å²) in [6.07, 6.45) is 5.44. The van der Waals surface area contributed by atoms with E-state index in [0.29, 0.717) is 12.6 Å². The second-order valence-corrected chi connectivity index (χ2v) is 5.83. The van der Waals surface area contributed by atoms with Crippen LogP contribution in [-0.2, 0) is 6.54 Å². The molecule has 0 saturated carbocycles. The van der Waals surface area contributed by atoms with E-state index in [9.17, 15) is 0 Å². The van der Waals surface area contributed by atoms with E-state index in [2.05, 4.69) is 56.5 Å². The van der Waals surface area contributed by atoms with Crippen molar-refractivity contribution in [3.63, 3.8) is 0 Å². The van der Waals surface area contributed by atoms with Gasteiger partial charge in [0.25, 0.3) is 0 Å². The number of nitrogens with zero attached hydrogens (tertiary/aromatic N) is 3. The molecule has 1 heterocycles. The minimum Gasteiger partial charge on any atom is -0.329 e. The van der Waals surface area contributed by atoms with Gasteiger partial charge in [0.15, 0.2) is 0 Å². The van der Waals surface area contributed by atoms with E-state index >= 15 is 0 Å². The molecule has 0 spiro atoms. The molecule has 0 radical (unpaired) electrons. The molecule has 1 atom stereocenters. The van der Waals surface area contributed by atoms with Crippen molar-refractivity contribution in [2.24, 2.45) is 5.73 Å². The molecule has 20 heavy (non-hydrogen) atoms. The highest BCUT2D eigenvalue weighted by molar-refractivity contribution is 5.01. The molecule has 0 aromatic carbocycles. The molecule has 1 aromatic heterocycles. The zero-order valence-corrected chi connectivity index (χ0v) is 13.9. The molecular formula is C16H32N4. The molecule has 0 aliphatic carbocycles. The molecule has 1 aromatic rings. The molecule has 4 nitrogen and oxygen atoms in total. The van der Waals surface area contributed by atoms with Crippen LogP contribution in [0.5, 0.6) is 0 Å². The van der Waals surface area contributed by atoms with Crippen LogP contribution in [0, 0.1) is 0 Å². The van der Waals surface area contributed by atoms with Crippen molar-refractivity contribution in [1.82, 2.24) is 14.7 Å². The van der Waals surface area contributed by atoms with E-state index in [1.54, 1.807) is 0 Å². The standard InChI is InChI=1S/C16H32N4/c1-6-15(7-2)20-11-10-14(18-20)12-19(9-4)16(5,8-3)13-17/h10-11,15H,6-9,12-13,17H2,1-5H3. The minimum atomic E-state index is 0.0629. The number of likely N-dealkylation sites (N-methyl/N-ethyl adjacent to an activating group) is 1. The lowest BCUT2D eigenvalue weighted by Gasteiger charge is -2.39. The third-order valence-corrected chi connectivity index (χ3v) is 4.68. The first-order chi connectivity index (χ1) is 9.54. The Kier molecular flexibility index (Phi) is 6.69. The topological polar surface area (TPSA) is 47.1 Å². The van der Waals surface area contributed by atoms with Crippen LogP contribution in [0.15, 0.2) is 12.3 Å². The van der Waals surface area contributed by atoms with Crippen LogP contribution in [0.3, 0.4) is 0 Å². The van der Waals surface area contributed by atoms with Gasteiger partial charge in [-0.05, 0) is 38.8 Å². The monoisotopic (exact) mass is 280 g/mol. The molecule has 0 bridgehead atoms. The maximum atomic E-state index is 5.98. The smallest absolute Gasteiger partial charge is 0.0765 e. The molecule has 0 fully saturated rings. The van der Waals surface area contributed by atoms with Crippen molar-refractivity contribution in [2.45, 2.75) is 72.0 Å². The summed E-state index contributed by atoms with van der Waals surface area (Å²) in [6.45, 7) is 13.6. The number of nitrogens with two attached hydrogens (primary N) is 1. The Balaban J connectivity index is 2.81. The van der Waals surface area contributed by atoms with Crippen molar-refractivity contribution in [3.8, 4) is 0 Å². The summed E-state index contributed by atoms with van der Waals surface area (Å²) in [7, 11) is 0. The SMILES string of the molecule is CCC(CC)n1ccc(CN(CC)C(C)(CC)CN)n1. The maximum Gasteiger partial charge on any atom is 0.0765 e. The Morgan fingerprint density at radius 3 is 2.40 bits per heavy atom. The first kappa shape index (κ1) is 17.2. The van der Waals surface area contributed by atoms with Crippen LogP contribution in [0.1, 0.15) is 65.6 Å². The molecule has 4 heteroatoms. The first-order valence-electron chi connectivity index (χ1n) is 8.03. The minimum absolute atomic E-state index is 0.0629. The predicted octanol–water partition coefficient (Wildman–Crippen LogP) is 3.19. The highest BCUT2D eigenvalue weighted by atomic mass is 15.3. The van der Waals surface area contributed by atoms with Crippen molar-refractivity contribution >= 4 is 0 Å². The first-order valence-corrected chi connectivity index (χ1v) is 8.03. The van der Waals surface area contributed by atoms with Crippen LogP contribution in [0.2, 0.25) is 0 Å². The fraction of sp³-hybridized carbons (Fsp3) is 0.812. The Hall–Kier alpha value is -0.870. The van der Waals surface area contributed by atoms with Crippen LogP contribution in [0.4, 0.5) is 0 Å². The molecule has 116 valence electrons. The average Bonchev–Trinajstić information content (AvgIpc) is 2.93. The van der Waals surface area contributed by atoms with Gasteiger partial charge in [-0.15, -0.1) is 0 Å². The van der Waals surface area contributed by atoms with Gasteiger partial charge < -0.3 is 5.73 Å². The van der Waals surface area contributed by atoms with E-state index in [0.717, 1.165) is 38.0 Å². The van der Waals surface area contributed by atoms with E-state index in [1.807, 2.05) is 0 Å². The number of hydrogen-bond donors (Lipinski definition) is 1. The molecule has 0 aliphatic rings. The van der Waals surface area contributed by atoms with Crippen LogP contribution >= 0.6 is 0 Å². The fourth-order valence-electron chi connectivity index (χ4n) is 2.70. The van der Waals surface area contributed by atoms with Crippen molar-refractivity contribution < 1.29 is 0 Å². The molecular weight excluding hydrogens is 248 g/mol. The molecule has 1 rings (SSSR count). The van der Waals surface area contributed by atoms with Crippen LogP contribution in [0.25, 0.3) is 0 Å². The van der Waals surface area contributed by atoms with Crippen molar-refractivity contribution in [2.75, 3.05) is 13.1 Å². The quantitative estimate of drug-likeness (QED) is 0.755. The van der Waals surface area contributed by atoms with Gasteiger partial charge in [0.05, 0.1) is 11.7 Å². The zero-order valence-electron chi connectivity index (χ0n) is 13.9. The lowest BCUT2D eigenvalue weighted by Crippen LogP contribution is -2.50. The maximum absolute atomic E-state index is 5.98. The molecule has 0 amide bonds.